The van der Waals surface area contributed by atoms with E-state index in [1.54, 1.807) is 29.1 Å². The molecule has 106 valence electrons. The van der Waals surface area contributed by atoms with Gasteiger partial charge in [0.05, 0.1) is 5.69 Å². The molecule has 2 aromatic rings. The van der Waals surface area contributed by atoms with E-state index in [9.17, 15) is 4.79 Å². The van der Waals surface area contributed by atoms with Crippen LogP contribution < -0.4 is 16.0 Å². The Morgan fingerprint density at radius 2 is 2.15 bits per heavy atom. The largest absolute Gasteiger partial charge is 0.432 e. The molecule has 0 spiro atoms. The lowest BCUT2D eigenvalue weighted by Gasteiger charge is -2.11. The molecule has 0 aliphatic rings. The zero-order valence-electron chi connectivity index (χ0n) is 12.0. The molecule has 0 amide bonds. The van der Waals surface area contributed by atoms with E-state index in [0.29, 0.717) is 23.9 Å². The highest BCUT2D eigenvalue weighted by Gasteiger charge is 2.10. The fraction of sp³-hybridized carbons (Fsp3) is 0.333. The van der Waals surface area contributed by atoms with E-state index in [2.05, 4.69) is 4.98 Å². The van der Waals surface area contributed by atoms with Crippen LogP contribution in [0.3, 0.4) is 0 Å². The van der Waals surface area contributed by atoms with Gasteiger partial charge in [0.2, 0.25) is 0 Å². The highest BCUT2D eigenvalue weighted by atomic mass is 16.5. The highest BCUT2D eigenvalue weighted by molar-refractivity contribution is 5.54. The van der Waals surface area contributed by atoms with Gasteiger partial charge in [-0.1, -0.05) is 19.9 Å². The minimum Gasteiger partial charge on any atom is -0.432 e. The van der Waals surface area contributed by atoms with E-state index in [1.165, 1.54) is 0 Å². The SMILES string of the molecule is Cc1ccc(N)c(Oc2nccn(CC(C)C)c2=O)c1. The maximum Gasteiger partial charge on any atom is 0.313 e. The molecule has 1 aromatic carbocycles. The van der Waals surface area contributed by atoms with Crippen LogP contribution in [0.2, 0.25) is 0 Å². The summed E-state index contributed by atoms with van der Waals surface area (Å²) < 4.78 is 7.17. The van der Waals surface area contributed by atoms with Gasteiger partial charge in [0.1, 0.15) is 0 Å². The molecule has 0 aliphatic heterocycles. The number of rotatable bonds is 4. The number of aromatic nitrogens is 2. The van der Waals surface area contributed by atoms with Crippen LogP contribution >= 0.6 is 0 Å². The van der Waals surface area contributed by atoms with Crippen LogP contribution in [0.15, 0.2) is 35.4 Å². The zero-order chi connectivity index (χ0) is 14.7. The average Bonchev–Trinajstić information content (AvgIpc) is 2.38. The van der Waals surface area contributed by atoms with Crippen LogP contribution in [0.1, 0.15) is 19.4 Å². The maximum absolute atomic E-state index is 12.2. The van der Waals surface area contributed by atoms with Crippen LogP contribution in [0.5, 0.6) is 11.6 Å². The van der Waals surface area contributed by atoms with Gasteiger partial charge in [0, 0.05) is 18.9 Å². The van der Waals surface area contributed by atoms with Gasteiger partial charge in [-0.2, -0.15) is 0 Å². The maximum atomic E-state index is 12.2. The molecule has 5 nitrogen and oxygen atoms in total. The molecule has 0 atom stereocenters. The van der Waals surface area contributed by atoms with Crippen molar-refractivity contribution in [3.63, 3.8) is 0 Å². The summed E-state index contributed by atoms with van der Waals surface area (Å²) in [5.74, 6) is 0.870. The molecule has 20 heavy (non-hydrogen) atoms. The molecule has 2 rings (SSSR count). The monoisotopic (exact) mass is 273 g/mol. The first-order chi connectivity index (χ1) is 9.47. The normalized spacial score (nSPS) is 10.8. The van der Waals surface area contributed by atoms with Gasteiger partial charge in [-0.25, -0.2) is 4.98 Å². The summed E-state index contributed by atoms with van der Waals surface area (Å²) in [4.78, 5) is 16.2. The number of nitrogen functional groups attached to an aromatic ring is 1. The first-order valence-electron chi connectivity index (χ1n) is 6.57. The van der Waals surface area contributed by atoms with Gasteiger partial charge in [-0.15, -0.1) is 0 Å². The van der Waals surface area contributed by atoms with Crippen LogP contribution in [0, 0.1) is 12.8 Å². The Labute approximate surface area is 118 Å². The Bertz CT molecular complexity index is 662. The Morgan fingerprint density at radius 3 is 2.85 bits per heavy atom. The first kappa shape index (κ1) is 14.1. The third kappa shape index (κ3) is 3.17. The number of nitrogens with two attached hydrogens (primary N) is 1. The number of nitrogens with zero attached hydrogens (tertiary/aromatic N) is 2. The second-order valence-corrected chi connectivity index (χ2v) is 5.23. The fourth-order valence-corrected chi connectivity index (χ4v) is 1.87. The fourth-order valence-electron chi connectivity index (χ4n) is 1.87. The van der Waals surface area contributed by atoms with Crippen molar-refractivity contribution >= 4 is 5.69 Å². The summed E-state index contributed by atoms with van der Waals surface area (Å²) in [5, 5.41) is 0. The van der Waals surface area contributed by atoms with Gasteiger partial charge in [-0.05, 0) is 30.5 Å². The molecule has 0 saturated carbocycles. The lowest BCUT2D eigenvalue weighted by molar-refractivity contribution is 0.434. The summed E-state index contributed by atoms with van der Waals surface area (Å²) in [7, 11) is 0. The lowest BCUT2D eigenvalue weighted by Crippen LogP contribution is -2.23. The molecule has 1 heterocycles. The molecule has 0 radical (unpaired) electrons. The van der Waals surface area contributed by atoms with Crippen LogP contribution in [0.4, 0.5) is 5.69 Å². The predicted molar refractivity (Wildman–Crippen MR) is 79.0 cm³/mol. The van der Waals surface area contributed by atoms with E-state index >= 15 is 0 Å². The number of ether oxygens (including phenoxy) is 1. The van der Waals surface area contributed by atoms with E-state index in [4.69, 9.17) is 10.5 Å². The van der Waals surface area contributed by atoms with Crippen molar-refractivity contribution in [1.29, 1.82) is 0 Å². The van der Waals surface area contributed by atoms with Crippen molar-refractivity contribution in [3.8, 4) is 11.6 Å². The van der Waals surface area contributed by atoms with E-state index < -0.39 is 0 Å². The number of benzene rings is 1. The number of anilines is 1. The Hall–Kier alpha value is -2.30. The standard InChI is InChI=1S/C15H19N3O2/c1-10(2)9-18-7-6-17-14(15(18)19)20-13-8-11(3)4-5-12(13)16/h4-8,10H,9,16H2,1-3H3. The molecule has 1 aromatic heterocycles. The summed E-state index contributed by atoms with van der Waals surface area (Å²) in [5.41, 5.74) is 7.09. The molecule has 0 aliphatic carbocycles. The number of hydrogen-bond donors (Lipinski definition) is 1. The van der Waals surface area contributed by atoms with Crippen LogP contribution in [-0.2, 0) is 6.54 Å². The summed E-state index contributed by atoms with van der Waals surface area (Å²) in [6, 6.07) is 5.42. The second kappa shape index (κ2) is 5.77. The van der Waals surface area contributed by atoms with E-state index in [0.717, 1.165) is 5.56 Å². The summed E-state index contributed by atoms with van der Waals surface area (Å²) in [6.45, 7) is 6.65. The first-order valence-corrected chi connectivity index (χ1v) is 6.57. The molecular formula is C15H19N3O2. The zero-order valence-corrected chi connectivity index (χ0v) is 12.0. The topological polar surface area (TPSA) is 70.1 Å². The van der Waals surface area contributed by atoms with Gasteiger partial charge in [0.15, 0.2) is 5.75 Å². The van der Waals surface area contributed by atoms with E-state index in [1.807, 2.05) is 26.8 Å². The van der Waals surface area contributed by atoms with Gasteiger partial charge >= 0.3 is 5.56 Å². The van der Waals surface area contributed by atoms with Gasteiger partial charge in [0.25, 0.3) is 5.88 Å². The molecule has 0 saturated heterocycles. The highest BCUT2D eigenvalue weighted by Crippen LogP contribution is 2.25. The predicted octanol–water partition coefficient (Wildman–Crippen LogP) is 2.58. The van der Waals surface area contributed by atoms with Crippen molar-refractivity contribution in [3.05, 3.63) is 46.5 Å². The average molecular weight is 273 g/mol. The van der Waals surface area contributed by atoms with Crippen molar-refractivity contribution in [2.75, 3.05) is 5.73 Å². The smallest absolute Gasteiger partial charge is 0.313 e. The third-order valence-corrected chi connectivity index (χ3v) is 2.82. The van der Waals surface area contributed by atoms with Crippen LogP contribution in [0.25, 0.3) is 0 Å². The molecule has 5 heteroatoms. The molecule has 0 unspecified atom stereocenters. The molecule has 2 N–H and O–H groups in total. The molecule has 0 fully saturated rings. The second-order valence-electron chi connectivity index (χ2n) is 5.23. The minimum atomic E-state index is -0.248. The van der Waals surface area contributed by atoms with Crippen molar-refractivity contribution in [2.24, 2.45) is 5.92 Å². The van der Waals surface area contributed by atoms with Gasteiger partial charge < -0.3 is 15.0 Å². The van der Waals surface area contributed by atoms with Crippen molar-refractivity contribution < 1.29 is 4.74 Å². The molecular weight excluding hydrogens is 254 g/mol. The van der Waals surface area contributed by atoms with Crippen molar-refractivity contribution in [2.45, 2.75) is 27.3 Å². The third-order valence-electron chi connectivity index (χ3n) is 2.82. The number of hydrogen-bond acceptors (Lipinski definition) is 4. The molecule has 0 bridgehead atoms. The Balaban J connectivity index is 2.34. The Morgan fingerprint density at radius 1 is 1.40 bits per heavy atom. The Kier molecular flexibility index (Phi) is 4.08. The van der Waals surface area contributed by atoms with Gasteiger partial charge in [-0.3, -0.25) is 4.79 Å². The number of aryl methyl sites for hydroxylation is 1. The lowest BCUT2D eigenvalue weighted by atomic mass is 10.2. The summed E-state index contributed by atoms with van der Waals surface area (Å²) in [6.07, 6.45) is 3.22. The summed E-state index contributed by atoms with van der Waals surface area (Å²) >= 11 is 0. The van der Waals surface area contributed by atoms with Crippen molar-refractivity contribution in [1.82, 2.24) is 9.55 Å². The van der Waals surface area contributed by atoms with Crippen LogP contribution in [-0.4, -0.2) is 9.55 Å². The van der Waals surface area contributed by atoms with E-state index in [-0.39, 0.29) is 11.4 Å². The minimum absolute atomic E-state index is 0.0467. The quantitative estimate of drug-likeness (QED) is 0.869.